The largest absolute Gasteiger partial charge is 0.309 e. The maximum atomic E-state index is 2.68. The summed E-state index contributed by atoms with van der Waals surface area (Å²) in [5.74, 6) is 4.12. The summed E-state index contributed by atoms with van der Waals surface area (Å²) in [5, 5.41) is 5.34. The van der Waals surface area contributed by atoms with Crippen LogP contribution in [0.3, 0.4) is 0 Å². The first kappa shape index (κ1) is 33.9. The summed E-state index contributed by atoms with van der Waals surface area (Å²) in [7, 11) is 0. The van der Waals surface area contributed by atoms with E-state index in [0.29, 0.717) is 11.3 Å². The van der Waals surface area contributed by atoms with Crippen LogP contribution in [0, 0.1) is 29.1 Å². The Hall–Kier alpha value is -5.92. The first-order valence-electron chi connectivity index (χ1n) is 23.0. The molecule has 1 nitrogen and oxygen atoms in total. The normalized spacial score (nSPS) is 26.5. The minimum absolute atomic E-state index is 0.139. The van der Waals surface area contributed by atoms with E-state index >= 15 is 0 Å². The molecule has 0 amide bonds. The van der Waals surface area contributed by atoms with Crippen molar-refractivity contribution in [3.8, 4) is 33.4 Å². The lowest BCUT2D eigenvalue weighted by Gasteiger charge is -2.92. The van der Waals surface area contributed by atoms with Gasteiger partial charge in [-0.3, -0.25) is 0 Å². The van der Waals surface area contributed by atoms with Crippen molar-refractivity contribution < 1.29 is 0 Å². The summed E-state index contributed by atoms with van der Waals surface area (Å²) < 4.78 is 0. The second-order valence-electron chi connectivity index (χ2n) is 19.3. The smallest absolute Gasteiger partial charge is 0.0540 e. The van der Waals surface area contributed by atoms with Gasteiger partial charge in [-0.1, -0.05) is 165 Å². The molecule has 0 aliphatic heterocycles. The van der Waals surface area contributed by atoms with Gasteiger partial charge in [0.25, 0.3) is 0 Å². The maximum Gasteiger partial charge on any atom is 0.0540 e. The highest BCUT2D eigenvalue weighted by Gasteiger charge is 2.90. The Balaban J connectivity index is 1.02. The molecule has 5 fully saturated rings. The predicted molar refractivity (Wildman–Crippen MR) is 249 cm³/mol. The van der Waals surface area contributed by atoms with Gasteiger partial charge in [0.05, 0.1) is 11.4 Å². The number of rotatable bonds is 6. The molecule has 0 bridgehead atoms. The third kappa shape index (κ3) is 4.14. The molecule has 4 atom stereocenters. The summed E-state index contributed by atoms with van der Waals surface area (Å²) in [4.78, 5) is 2.65. The molecule has 14 rings (SSSR count). The van der Waals surface area contributed by atoms with Gasteiger partial charge in [-0.25, -0.2) is 0 Å². The summed E-state index contributed by atoms with van der Waals surface area (Å²) in [5.41, 5.74) is 17.3. The molecule has 60 heavy (non-hydrogen) atoms. The van der Waals surface area contributed by atoms with Crippen LogP contribution in [0.5, 0.6) is 0 Å². The van der Waals surface area contributed by atoms with Crippen LogP contribution in [0.1, 0.15) is 74.0 Å². The molecule has 2 spiro atoms. The van der Waals surface area contributed by atoms with E-state index in [0.717, 1.165) is 23.7 Å². The standard InChI is InChI=1S/C59H49N/c1-2-15-38(16-3-1)44-25-13-19-39-20-14-27-50(57(39)44)49-24-8-11-30-54(49)60(53-29-10-7-23-48(53)45-26-12-18-37-17-4-5-21-43(37)45)42-31-32-47-46-22-6-9-28-51(46)59(52(47)36-42)55-34-40-33-41-35-56(59)58(40,41)55/h4-14,17-32,36,38,40-41,55-56H,1-3,15-16,33-35H2. The second kappa shape index (κ2) is 12.3. The highest BCUT2D eigenvalue weighted by atomic mass is 15.1. The lowest BCUT2D eigenvalue weighted by Crippen LogP contribution is -2.88. The van der Waals surface area contributed by atoms with Gasteiger partial charge in [0, 0.05) is 22.2 Å². The number of benzene rings is 8. The quantitative estimate of drug-likeness (QED) is 0.163. The van der Waals surface area contributed by atoms with Crippen LogP contribution in [-0.2, 0) is 5.41 Å². The van der Waals surface area contributed by atoms with Crippen molar-refractivity contribution in [1.29, 1.82) is 0 Å². The SMILES string of the molecule is c1ccc(N(c2ccc3c(c2)C2(c4ccccc4-3)C3CC4CC5CC2C453)c2ccccc2-c2cccc3cccc(C4CCCCC4)c23)c(-c2cccc3ccccc23)c1. The number of para-hydroxylation sites is 2. The van der Waals surface area contributed by atoms with Crippen LogP contribution >= 0.6 is 0 Å². The third-order valence-electron chi connectivity index (χ3n) is 17.3. The Kier molecular flexibility index (Phi) is 6.96. The molecule has 290 valence electrons. The zero-order valence-corrected chi connectivity index (χ0v) is 34.2. The molecule has 6 aliphatic rings. The molecule has 0 heterocycles. The summed E-state index contributed by atoms with van der Waals surface area (Å²) in [6.07, 6.45) is 10.9. The van der Waals surface area contributed by atoms with Crippen molar-refractivity contribution in [3.05, 3.63) is 187 Å². The molecule has 5 saturated carbocycles. The Morgan fingerprint density at radius 2 is 1.02 bits per heavy atom. The van der Waals surface area contributed by atoms with Crippen molar-refractivity contribution in [2.75, 3.05) is 4.90 Å². The lowest BCUT2D eigenvalue weighted by atomic mass is 9.11. The number of anilines is 3. The Bertz CT molecular complexity index is 3040. The monoisotopic (exact) mass is 771 g/mol. The fourth-order valence-corrected chi connectivity index (χ4v) is 15.1. The van der Waals surface area contributed by atoms with Gasteiger partial charge in [-0.15, -0.1) is 0 Å². The van der Waals surface area contributed by atoms with Crippen molar-refractivity contribution in [2.45, 2.75) is 62.7 Å². The fourth-order valence-electron chi connectivity index (χ4n) is 15.1. The molecule has 8 aromatic carbocycles. The zero-order chi connectivity index (χ0) is 39.2. The lowest BCUT2D eigenvalue weighted by molar-refractivity contribution is -0.412. The molecular weight excluding hydrogens is 723 g/mol. The van der Waals surface area contributed by atoms with Crippen molar-refractivity contribution in [3.63, 3.8) is 0 Å². The molecule has 0 saturated heterocycles. The van der Waals surface area contributed by atoms with E-state index in [-0.39, 0.29) is 5.41 Å². The van der Waals surface area contributed by atoms with E-state index in [1.165, 1.54) is 129 Å². The Morgan fingerprint density at radius 3 is 1.78 bits per heavy atom. The number of fused-ring (bicyclic) bond motifs is 9. The number of hydrogen-bond donors (Lipinski definition) is 0. The Morgan fingerprint density at radius 1 is 0.433 bits per heavy atom. The second-order valence-corrected chi connectivity index (χ2v) is 19.3. The summed E-state index contributed by atoms with van der Waals surface area (Å²) in [6.45, 7) is 0. The molecule has 4 unspecified atom stereocenters. The van der Waals surface area contributed by atoms with Crippen LogP contribution < -0.4 is 4.90 Å². The topological polar surface area (TPSA) is 3.24 Å². The Labute approximate surface area is 353 Å². The molecule has 0 radical (unpaired) electrons. The maximum absolute atomic E-state index is 2.68. The number of nitrogens with zero attached hydrogens (tertiary/aromatic N) is 1. The first-order chi connectivity index (χ1) is 29.8. The van der Waals surface area contributed by atoms with Gasteiger partial charge in [-0.05, 0) is 152 Å². The van der Waals surface area contributed by atoms with Crippen LogP contribution in [0.2, 0.25) is 0 Å². The highest BCUT2D eigenvalue weighted by Crippen LogP contribution is 2.94. The summed E-state index contributed by atoms with van der Waals surface area (Å²) >= 11 is 0. The average molecular weight is 772 g/mol. The minimum Gasteiger partial charge on any atom is -0.309 e. The first-order valence-corrected chi connectivity index (χ1v) is 23.0. The van der Waals surface area contributed by atoms with E-state index in [1.807, 2.05) is 0 Å². The highest BCUT2D eigenvalue weighted by molar-refractivity contribution is 6.06. The molecular formula is C59H49N. The van der Waals surface area contributed by atoms with Gasteiger partial charge in [-0.2, -0.15) is 0 Å². The molecule has 0 aromatic heterocycles. The van der Waals surface area contributed by atoms with E-state index in [2.05, 4.69) is 175 Å². The number of hydrogen-bond acceptors (Lipinski definition) is 1. The van der Waals surface area contributed by atoms with Gasteiger partial charge in [0.15, 0.2) is 0 Å². The van der Waals surface area contributed by atoms with Crippen molar-refractivity contribution in [2.24, 2.45) is 29.1 Å². The van der Waals surface area contributed by atoms with E-state index < -0.39 is 0 Å². The average Bonchev–Trinajstić information content (AvgIpc) is 3.58. The van der Waals surface area contributed by atoms with Crippen LogP contribution in [0.4, 0.5) is 17.1 Å². The van der Waals surface area contributed by atoms with Crippen LogP contribution in [-0.4, -0.2) is 0 Å². The van der Waals surface area contributed by atoms with Gasteiger partial charge < -0.3 is 4.90 Å². The zero-order valence-electron chi connectivity index (χ0n) is 34.2. The molecule has 6 aliphatic carbocycles. The van der Waals surface area contributed by atoms with E-state index in [4.69, 9.17) is 0 Å². The molecule has 0 N–H and O–H groups in total. The molecule has 8 aromatic rings. The van der Waals surface area contributed by atoms with E-state index in [9.17, 15) is 0 Å². The van der Waals surface area contributed by atoms with Gasteiger partial charge in [0.2, 0.25) is 0 Å². The van der Waals surface area contributed by atoms with Crippen molar-refractivity contribution >= 4 is 38.6 Å². The third-order valence-corrected chi connectivity index (χ3v) is 17.3. The van der Waals surface area contributed by atoms with Crippen LogP contribution in [0.15, 0.2) is 170 Å². The molecule has 1 heteroatoms. The van der Waals surface area contributed by atoms with Crippen molar-refractivity contribution in [1.82, 2.24) is 0 Å². The van der Waals surface area contributed by atoms with Gasteiger partial charge in [0.1, 0.15) is 0 Å². The fraction of sp³-hybridized carbons (Fsp3) is 0.254. The predicted octanol–water partition coefficient (Wildman–Crippen LogP) is 15.8. The minimum atomic E-state index is 0.139. The van der Waals surface area contributed by atoms with E-state index in [1.54, 1.807) is 11.1 Å². The van der Waals surface area contributed by atoms with Gasteiger partial charge >= 0.3 is 0 Å². The van der Waals surface area contributed by atoms with Crippen LogP contribution in [0.25, 0.3) is 54.9 Å². The summed E-state index contributed by atoms with van der Waals surface area (Å²) in [6, 6.07) is 65.5.